The molecule has 2 amide bonds. The maximum Gasteiger partial charge on any atom is 0.353 e. The molecule has 2 aliphatic rings. The summed E-state index contributed by atoms with van der Waals surface area (Å²) < 4.78 is 0. The van der Waals surface area contributed by atoms with Gasteiger partial charge in [0.15, 0.2) is 0 Å². The number of fused-ring (bicyclic) bond motifs is 1. The summed E-state index contributed by atoms with van der Waals surface area (Å²) in [5.41, 5.74) is -0.154. The number of nitrogens with one attached hydrogen (secondary N) is 1. The maximum atomic E-state index is 12.3. The number of aliphatic carboxylic acids is 2. The number of rotatable bonds is 5. The zero-order valence-electron chi connectivity index (χ0n) is 13.1. The minimum Gasteiger partial charge on any atom is -0.478 e. The monoisotopic (exact) mass is 396 g/mol. The molecule has 1 saturated heterocycles. The molecule has 0 radical (unpaired) electrons. The number of benzene rings is 1. The summed E-state index contributed by atoms with van der Waals surface area (Å²) in [5, 5.41) is 20.9. The van der Waals surface area contributed by atoms with E-state index in [1.165, 1.54) is 0 Å². The molecule has 2 aliphatic heterocycles. The highest BCUT2D eigenvalue weighted by Gasteiger charge is 2.54. The number of thioether (sulfide) groups is 1. The molecular weight excluding hydrogens is 384 g/mol. The number of hydrogen-bond donors (Lipinski definition) is 3. The third-order valence-corrected chi connectivity index (χ3v) is 5.56. The molecule has 2 heterocycles. The predicted octanol–water partition coefficient (Wildman–Crippen LogP) is 0.706. The van der Waals surface area contributed by atoms with Gasteiger partial charge >= 0.3 is 11.9 Å². The lowest BCUT2D eigenvalue weighted by molar-refractivity contribution is -0.151. The fourth-order valence-corrected chi connectivity index (χ4v) is 4.25. The van der Waals surface area contributed by atoms with E-state index in [1.807, 2.05) is 0 Å². The Kier molecular flexibility index (Phi) is 4.92. The second-order valence-electron chi connectivity index (χ2n) is 5.70. The van der Waals surface area contributed by atoms with Crippen molar-refractivity contribution in [3.05, 3.63) is 46.1 Å². The van der Waals surface area contributed by atoms with E-state index in [2.05, 4.69) is 5.32 Å². The smallest absolute Gasteiger partial charge is 0.353 e. The predicted molar refractivity (Wildman–Crippen MR) is 92.5 cm³/mol. The van der Waals surface area contributed by atoms with Gasteiger partial charge in [-0.2, -0.15) is 0 Å². The fraction of sp³-hybridized carbons (Fsp3) is 0.250. The minimum absolute atomic E-state index is 0.0420. The Morgan fingerprint density at radius 3 is 2.42 bits per heavy atom. The van der Waals surface area contributed by atoms with Crippen LogP contribution in [0.25, 0.3) is 0 Å². The Morgan fingerprint density at radius 2 is 1.85 bits per heavy atom. The van der Waals surface area contributed by atoms with Crippen molar-refractivity contribution >= 4 is 47.1 Å². The minimum atomic E-state index is -1.48. The van der Waals surface area contributed by atoms with Gasteiger partial charge in [-0.3, -0.25) is 14.5 Å². The zero-order valence-corrected chi connectivity index (χ0v) is 14.7. The van der Waals surface area contributed by atoms with Crippen molar-refractivity contribution < 1.29 is 29.4 Å². The van der Waals surface area contributed by atoms with Crippen molar-refractivity contribution in [2.45, 2.75) is 17.8 Å². The number of hydrogen-bond acceptors (Lipinski definition) is 5. The molecule has 3 rings (SSSR count). The molecule has 0 bridgehead atoms. The van der Waals surface area contributed by atoms with Crippen LogP contribution in [0.4, 0.5) is 0 Å². The average Bonchev–Trinajstić information content (AvgIpc) is 2.60. The molecule has 0 saturated carbocycles. The molecule has 1 aromatic rings. The molecule has 2 atom stereocenters. The number of carbonyl (C=O) groups excluding carboxylic acids is 2. The number of halogens is 1. The van der Waals surface area contributed by atoms with Gasteiger partial charge in [-0.15, -0.1) is 11.8 Å². The lowest BCUT2D eigenvalue weighted by Gasteiger charge is -2.49. The van der Waals surface area contributed by atoms with Gasteiger partial charge in [0, 0.05) is 10.8 Å². The number of β-lactam (4-membered cyclic amide) rings is 1. The van der Waals surface area contributed by atoms with E-state index in [9.17, 15) is 24.3 Å². The highest BCUT2D eigenvalue weighted by atomic mass is 35.5. The normalized spacial score (nSPS) is 21.7. The molecule has 0 aromatic heterocycles. The SMILES string of the molecule is O=C(Cc1ccc(Cl)cc1)NC1C(=O)N2C(C(=O)O)=C(C(=O)O)CS[C@H]12. The lowest BCUT2D eigenvalue weighted by atomic mass is 10.0. The van der Waals surface area contributed by atoms with Crippen LogP contribution in [0.3, 0.4) is 0 Å². The van der Waals surface area contributed by atoms with E-state index in [0.29, 0.717) is 10.6 Å². The number of carboxylic acids is 2. The molecule has 1 unspecified atom stereocenters. The fourth-order valence-electron chi connectivity index (χ4n) is 2.80. The Labute approximate surface area is 156 Å². The summed E-state index contributed by atoms with van der Waals surface area (Å²) in [7, 11) is 0. The highest BCUT2D eigenvalue weighted by molar-refractivity contribution is 8.00. The lowest BCUT2D eigenvalue weighted by Crippen LogP contribution is -2.70. The first kappa shape index (κ1) is 18.3. The zero-order chi connectivity index (χ0) is 19.0. The molecule has 8 nitrogen and oxygen atoms in total. The summed E-state index contributed by atoms with van der Waals surface area (Å²) in [6, 6.07) is 5.79. The van der Waals surface area contributed by atoms with Gasteiger partial charge in [0.2, 0.25) is 5.91 Å². The molecule has 10 heteroatoms. The van der Waals surface area contributed by atoms with Crippen LogP contribution in [0.5, 0.6) is 0 Å². The van der Waals surface area contributed by atoms with Crippen LogP contribution in [0.1, 0.15) is 5.56 Å². The van der Waals surface area contributed by atoms with Crippen LogP contribution in [0, 0.1) is 0 Å². The summed E-state index contributed by atoms with van der Waals surface area (Å²) in [6.45, 7) is 0. The molecule has 1 aromatic carbocycles. The van der Waals surface area contributed by atoms with E-state index in [4.69, 9.17) is 16.7 Å². The van der Waals surface area contributed by atoms with Crippen LogP contribution < -0.4 is 5.32 Å². The summed E-state index contributed by atoms with van der Waals surface area (Å²) in [6.07, 6.45) is 0.0420. The van der Waals surface area contributed by atoms with Gasteiger partial charge in [-0.25, -0.2) is 9.59 Å². The number of carboxylic acid groups (broad SMARTS) is 2. The Morgan fingerprint density at radius 1 is 1.19 bits per heavy atom. The third kappa shape index (κ3) is 3.27. The van der Waals surface area contributed by atoms with E-state index in [1.54, 1.807) is 24.3 Å². The molecule has 0 spiro atoms. The molecule has 1 fully saturated rings. The second kappa shape index (κ2) is 7.00. The molecular formula is C16H13ClN2O6S. The Hall–Kier alpha value is -2.52. The van der Waals surface area contributed by atoms with Crippen molar-refractivity contribution in [2.75, 3.05) is 5.75 Å². The van der Waals surface area contributed by atoms with Gasteiger partial charge in [0.1, 0.15) is 17.1 Å². The van der Waals surface area contributed by atoms with Crippen LogP contribution in [0.2, 0.25) is 5.02 Å². The largest absolute Gasteiger partial charge is 0.478 e. The van der Waals surface area contributed by atoms with Crippen LogP contribution >= 0.6 is 23.4 Å². The van der Waals surface area contributed by atoms with Crippen molar-refractivity contribution in [1.29, 1.82) is 0 Å². The van der Waals surface area contributed by atoms with E-state index >= 15 is 0 Å². The van der Waals surface area contributed by atoms with E-state index < -0.39 is 40.9 Å². The van der Waals surface area contributed by atoms with Gasteiger partial charge in [-0.1, -0.05) is 23.7 Å². The summed E-state index contributed by atoms with van der Waals surface area (Å²) in [4.78, 5) is 48.0. The summed E-state index contributed by atoms with van der Waals surface area (Å²) >= 11 is 6.89. The van der Waals surface area contributed by atoms with E-state index in [-0.39, 0.29) is 17.7 Å². The van der Waals surface area contributed by atoms with Crippen molar-refractivity contribution in [3.63, 3.8) is 0 Å². The Balaban J connectivity index is 1.70. The average molecular weight is 397 g/mol. The third-order valence-electron chi connectivity index (χ3n) is 4.02. The van der Waals surface area contributed by atoms with Crippen LogP contribution in [-0.2, 0) is 25.6 Å². The first-order valence-corrected chi connectivity index (χ1v) is 8.90. The van der Waals surface area contributed by atoms with Gasteiger partial charge in [-0.05, 0) is 17.7 Å². The Bertz CT molecular complexity index is 838. The van der Waals surface area contributed by atoms with Crippen molar-refractivity contribution in [3.8, 4) is 0 Å². The van der Waals surface area contributed by atoms with Gasteiger partial charge < -0.3 is 15.5 Å². The quantitative estimate of drug-likeness (QED) is 0.626. The number of nitrogens with zero attached hydrogens (tertiary/aromatic N) is 1. The first-order valence-electron chi connectivity index (χ1n) is 7.48. The number of amides is 2. The number of carbonyl (C=O) groups is 4. The van der Waals surface area contributed by atoms with Gasteiger partial charge in [0.05, 0.1) is 12.0 Å². The first-order chi connectivity index (χ1) is 12.3. The van der Waals surface area contributed by atoms with Gasteiger partial charge in [0.25, 0.3) is 5.91 Å². The topological polar surface area (TPSA) is 124 Å². The van der Waals surface area contributed by atoms with Crippen molar-refractivity contribution in [2.24, 2.45) is 0 Å². The summed E-state index contributed by atoms with van der Waals surface area (Å²) in [5.74, 6) is -3.95. The molecule has 0 aliphatic carbocycles. The molecule has 136 valence electrons. The van der Waals surface area contributed by atoms with Crippen LogP contribution in [-0.4, -0.2) is 56.0 Å². The molecule has 3 N–H and O–H groups in total. The highest BCUT2D eigenvalue weighted by Crippen LogP contribution is 2.40. The maximum absolute atomic E-state index is 12.3. The van der Waals surface area contributed by atoms with Crippen LogP contribution in [0.15, 0.2) is 35.5 Å². The van der Waals surface area contributed by atoms with E-state index in [0.717, 1.165) is 16.7 Å². The standard InChI is InChI=1S/C16H13ClN2O6S/c17-8-3-1-7(2-4-8)5-10(20)18-11-13(21)19-12(16(24)25)9(15(22)23)6-26-14(11)19/h1-4,11,14H,5-6H2,(H,18,20)(H,22,23)(H,24,25)/t11?,14-/m1/s1. The van der Waals surface area contributed by atoms with Crippen molar-refractivity contribution in [1.82, 2.24) is 10.2 Å². The molecule has 26 heavy (non-hydrogen) atoms. The second-order valence-corrected chi connectivity index (χ2v) is 7.24.